The highest BCUT2D eigenvalue weighted by molar-refractivity contribution is 7.03. The Morgan fingerprint density at radius 2 is 1.91 bits per heavy atom. The highest BCUT2D eigenvalue weighted by Crippen LogP contribution is 2.35. The lowest BCUT2D eigenvalue weighted by Crippen LogP contribution is -2.49. The third-order valence-corrected chi connectivity index (χ3v) is 6.51. The van der Waals surface area contributed by atoms with Crippen molar-refractivity contribution in [1.82, 2.24) is 29.4 Å². The topological polar surface area (TPSA) is 88.0 Å². The average Bonchev–Trinajstić information content (AvgIpc) is 3.39. The van der Waals surface area contributed by atoms with Crippen LogP contribution in [0.15, 0.2) is 48.2 Å². The van der Waals surface area contributed by atoms with Crippen LogP contribution in [0.3, 0.4) is 0 Å². The number of amides is 1. The van der Waals surface area contributed by atoms with Gasteiger partial charge in [0.15, 0.2) is 5.69 Å². The first kappa shape index (κ1) is 22.3. The molecule has 1 amide bonds. The smallest absolute Gasteiger partial charge is 0.275 e. The highest BCUT2D eigenvalue weighted by atomic mass is 35.5. The molecule has 0 aliphatic carbocycles. The number of anilines is 1. The molecule has 1 saturated heterocycles. The van der Waals surface area contributed by atoms with Gasteiger partial charge >= 0.3 is 0 Å². The Balaban J connectivity index is 1.47. The zero-order valence-electron chi connectivity index (χ0n) is 18.2. The van der Waals surface area contributed by atoms with E-state index in [1.165, 1.54) is 12.1 Å². The van der Waals surface area contributed by atoms with Gasteiger partial charge in [-0.2, -0.15) is 0 Å². The van der Waals surface area contributed by atoms with Gasteiger partial charge in [0, 0.05) is 55.1 Å². The molecular formula is C23H19ClFN7OS. The molecule has 1 aliphatic heterocycles. The molecule has 4 heterocycles. The number of nitrogens with zero attached hydrogens (tertiary/aromatic N) is 7. The molecule has 0 bridgehead atoms. The summed E-state index contributed by atoms with van der Waals surface area (Å²) >= 11 is 7.62. The van der Waals surface area contributed by atoms with Crippen LogP contribution in [-0.4, -0.2) is 61.5 Å². The maximum absolute atomic E-state index is 13.7. The summed E-state index contributed by atoms with van der Waals surface area (Å²) in [6, 6.07) is 6.36. The molecule has 4 aromatic rings. The van der Waals surface area contributed by atoms with Crippen molar-refractivity contribution in [3.63, 3.8) is 0 Å². The molecule has 1 aromatic carbocycles. The summed E-state index contributed by atoms with van der Waals surface area (Å²) in [6.45, 7) is 4.08. The normalized spacial score (nSPS) is 13.9. The number of benzene rings is 1. The number of pyridine rings is 1. The molecule has 11 heteroatoms. The first-order valence-corrected chi connectivity index (χ1v) is 11.8. The second kappa shape index (κ2) is 9.40. The van der Waals surface area contributed by atoms with Gasteiger partial charge in [-0.25, -0.2) is 9.37 Å². The first-order valence-electron chi connectivity index (χ1n) is 10.6. The van der Waals surface area contributed by atoms with Gasteiger partial charge in [0.2, 0.25) is 0 Å². The minimum Gasteiger partial charge on any atom is -0.352 e. The van der Waals surface area contributed by atoms with E-state index in [9.17, 15) is 9.18 Å². The van der Waals surface area contributed by atoms with Crippen LogP contribution in [0.25, 0.3) is 22.5 Å². The predicted molar refractivity (Wildman–Crippen MR) is 128 cm³/mol. The maximum Gasteiger partial charge on any atom is 0.275 e. The van der Waals surface area contributed by atoms with Gasteiger partial charge in [-0.1, -0.05) is 16.1 Å². The third-order valence-electron chi connectivity index (χ3n) is 5.70. The van der Waals surface area contributed by atoms with E-state index < -0.39 is 0 Å². The molecule has 34 heavy (non-hydrogen) atoms. The Morgan fingerprint density at radius 3 is 2.62 bits per heavy atom. The molecule has 5 rings (SSSR count). The number of halogens is 2. The lowest BCUT2D eigenvalue weighted by Gasteiger charge is -2.35. The summed E-state index contributed by atoms with van der Waals surface area (Å²) in [6.07, 6.45) is 4.91. The second-order valence-electron chi connectivity index (χ2n) is 7.81. The largest absolute Gasteiger partial charge is 0.352 e. The Morgan fingerprint density at radius 1 is 1.09 bits per heavy atom. The van der Waals surface area contributed by atoms with E-state index in [1.54, 1.807) is 41.0 Å². The van der Waals surface area contributed by atoms with E-state index in [0.717, 1.165) is 22.7 Å². The monoisotopic (exact) mass is 495 g/mol. The molecule has 0 spiro atoms. The second-order valence-corrected chi connectivity index (χ2v) is 8.83. The van der Waals surface area contributed by atoms with Gasteiger partial charge in [-0.05, 0) is 48.3 Å². The van der Waals surface area contributed by atoms with Crippen molar-refractivity contribution in [1.29, 1.82) is 0 Å². The number of aryl methyl sites for hydroxylation is 1. The van der Waals surface area contributed by atoms with E-state index in [1.807, 2.05) is 6.92 Å². The summed E-state index contributed by atoms with van der Waals surface area (Å²) in [5, 5.41) is 5.97. The highest BCUT2D eigenvalue weighted by Gasteiger charge is 2.25. The van der Waals surface area contributed by atoms with Crippen molar-refractivity contribution < 1.29 is 9.18 Å². The van der Waals surface area contributed by atoms with Gasteiger partial charge in [0.25, 0.3) is 5.91 Å². The molecule has 8 nitrogen and oxygen atoms in total. The van der Waals surface area contributed by atoms with Crippen LogP contribution in [0.5, 0.6) is 0 Å². The summed E-state index contributed by atoms with van der Waals surface area (Å²) in [4.78, 5) is 30.1. The summed E-state index contributed by atoms with van der Waals surface area (Å²) in [5.41, 5.74) is 3.78. The van der Waals surface area contributed by atoms with Crippen molar-refractivity contribution in [3.05, 3.63) is 70.3 Å². The van der Waals surface area contributed by atoms with E-state index in [0.29, 0.717) is 59.7 Å². The van der Waals surface area contributed by atoms with Gasteiger partial charge in [0.1, 0.15) is 17.3 Å². The summed E-state index contributed by atoms with van der Waals surface area (Å²) < 4.78 is 17.5. The van der Waals surface area contributed by atoms with Crippen LogP contribution in [0.2, 0.25) is 5.02 Å². The van der Waals surface area contributed by atoms with E-state index in [-0.39, 0.29) is 11.7 Å². The van der Waals surface area contributed by atoms with Gasteiger partial charge in [-0.15, -0.1) is 5.10 Å². The van der Waals surface area contributed by atoms with Crippen LogP contribution >= 0.6 is 23.1 Å². The summed E-state index contributed by atoms with van der Waals surface area (Å²) in [5.74, 6) is 0.245. The Hall–Kier alpha value is -3.50. The molecule has 0 unspecified atom stereocenters. The van der Waals surface area contributed by atoms with E-state index >= 15 is 0 Å². The lowest BCUT2D eigenvalue weighted by molar-refractivity contribution is 0.0740. The fourth-order valence-electron chi connectivity index (χ4n) is 3.94. The zero-order valence-corrected chi connectivity index (χ0v) is 19.7. The van der Waals surface area contributed by atoms with Crippen molar-refractivity contribution in [2.75, 3.05) is 31.1 Å². The molecule has 0 radical (unpaired) electrons. The number of hydrogen-bond acceptors (Lipinski definition) is 8. The molecular weight excluding hydrogens is 477 g/mol. The first-order chi connectivity index (χ1) is 16.5. The number of rotatable bonds is 4. The number of carbonyl (C=O) groups excluding carboxylic acids is 1. The summed E-state index contributed by atoms with van der Waals surface area (Å²) in [7, 11) is 0. The van der Waals surface area contributed by atoms with Gasteiger partial charge in [-0.3, -0.25) is 14.8 Å². The van der Waals surface area contributed by atoms with Crippen LogP contribution in [0, 0.1) is 12.7 Å². The van der Waals surface area contributed by atoms with Crippen molar-refractivity contribution in [2.24, 2.45) is 0 Å². The molecule has 1 fully saturated rings. The molecule has 0 saturated carbocycles. The number of piperazine rings is 1. The predicted octanol–water partition coefficient (Wildman–Crippen LogP) is 4.12. The van der Waals surface area contributed by atoms with Crippen molar-refractivity contribution >= 4 is 34.9 Å². The minimum absolute atomic E-state index is 0.120. The minimum atomic E-state index is -0.310. The number of carbonyl (C=O) groups is 1. The molecule has 3 aromatic heterocycles. The van der Waals surface area contributed by atoms with Gasteiger partial charge in [0.05, 0.1) is 16.9 Å². The standard InChI is InChI=1S/C23H19ClFN7OS/c1-14-10-15(25)2-3-16(14)21-22(17-4-5-26-11-18(17)24)28-20(12-27-21)31-6-8-32(9-7-31)23(33)19-13-34-30-29-19/h2-5,10-13H,6-9H2,1H3. The zero-order chi connectivity index (χ0) is 23.7. The Bertz CT molecular complexity index is 1340. The van der Waals surface area contributed by atoms with Gasteiger partial charge < -0.3 is 9.80 Å². The van der Waals surface area contributed by atoms with Crippen molar-refractivity contribution in [2.45, 2.75) is 6.92 Å². The molecule has 172 valence electrons. The van der Waals surface area contributed by atoms with E-state index in [2.05, 4.69) is 19.5 Å². The average molecular weight is 496 g/mol. The molecule has 1 aliphatic rings. The Labute approximate surface area is 204 Å². The quantitative estimate of drug-likeness (QED) is 0.420. The molecule has 0 atom stereocenters. The van der Waals surface area contributed by atoms with Crippen LogP contribution in [-0.2, 0) is 0 Å². The fraction of sp³-hybridized carbons (Fsp3) is 0.217. The SMILES string of the molecule is Cc1cc(F)ccc1-c1ncc(N2CCN(C(=O)c3csnn3)CC2)nc1-c1ccncc1Cl. The van der Waals surface area contributed by atoms with Crippen LogP contribution < -0.4 is 4.90 Å². The van der Waals surface area contributed by atoms with Crippen molar-refractivity contribution in [3.8, 4) is 22.5 Å². The fourth-order valence-corrected chi connectivity index (χ4v) is 4.57. The maximum atomic E-state index is 13.7. The Kier molecular flexibility index (Phi) is 6.16. The van der Waals surface area contributed by atoms with E-state index in [4.69, 9.17) is 21.6 Å². The third kappa shape index (κ3) is 4.34. The lowest BCUT2D eigenvalue weighted by atomic mass is 10.0. The number of hydrogen-bond donors (Lipinski definition) is 0. The van der Waals surface area contributed by atoms with Crippen LogP contribution in [0.1, 0.15) is 16.1 Å². The number of aromatic nitrogens is 5. The van der Waals surface area contributed by atoms with Crippen LogP contribution in [0.4, 0.5) is 10.2 Å². The molecule has 0 N–H and O–H groups in total.